The van der Waals surface area contributed by atoms with Crippen molar-refractivity contribution in [3.63, 3.8) is 0 Å². The Hall–Kier alpha value is -2.82. The number of benzene rings is 1. The van der Waals surface area contributed by atoms with Crippen molar-refractivity contribution in [1.29, 1.82) is 0 Å². The van der Waals surface area contributed by atoms with E-state index in [1.165, 1.54) is 6.33 Å². The lowest BCUT2D eigenvalue weighted by Crippen LogP contribution is -2.17. The maximum absolute atomic E-state index is 12.8. The molecule has 3 rings (SSSR count). The predicted octanol–water partition coefficient (Wildman–Crippen LogP) is 4.02. The van der Waals surface area contributed by atoms with Crippen LogP contribution in [0.15, 0.2) is 36.8 Å². The van der Waals surface area contributed by atoms with Crippen LogP contribution in [-0.4, -0.2) is 20.9 Å². The van der Waals surface area contributed by atoms with E-state index in [1.54, 1.807) is 13.1 Å². The minimum absolute atomic E-state index is 0.203. The first-order valence-corrected chi connectivity index (χ1v) is 7.96. The third-order valence-corrected chi connectivity index (χ3v) is 4.09. The van der Waals surface area contributed by atoms with Gasteiger partial charge in [0.25, 0.3) is 5.91 Å². The minimum atomic E-state index is -0.203. The van der Waals surface area contributed by atoms with Crippen molar-refractivity contribution in [3.05, 3.63) is 59.3 Å². The number of nitrogens with zero attached hydrogens (tertiary/aromatic N) is 3. The Kier molecular flexibility index (Phi) is 4.25. The molecule has 5 nitrogen and oxygen atoms in total. The number of para-hydroxylation sites is 1. The van der Waals surface area contributed by atoms with Crippen molar-refractivity contribution in [3.8, 4) is 0 Å². The normalized spacial score (nSPS) is 11.0. The van der Waals surface area contributed by atoms with Crippen LogP contribution in [0.1, 0.15) is 47.1 Å². The highest BCUT2D eigenvalue weighted by atomic mass is 16.1. The maximum Gasteiger partial charge on any atom is 0.259 e. The molecule has 0 fully saturated rings. The number of hydrogen-bond acceptors (Lipinski definition) is 4. The molecule has 2 aromatic heterocycles. The summed E-state index contributed by atoms with van der Waals surface area (Å²) in [5.74, 6) is 0.0382. The molecule has 0 atom stereocenters. The number of rotatable bonds is 3. The average Bonchev–Trinajstić information content (AvgIpc) is 2.54. The van der Waals surface area contributed by atoms with Crippen molar-refractivity contribution in [1.82, 2.24) is 15.0 Å². The molecule has 0 unspecified atom stereocenters. The van der Waals surface area contributed by atoms with Gasteiger partial charge in [-0.25, -0.2) is 9.97 Å². The average molecular weight is 320 g/mol. The summed E-state index contributed by atoms with van der Waals surface area (Å²) in [5.41, 5.74) is 4.81. The molecule has 0 aliphatic carbocycles. The van der Waals surface area contributed by atoms with Gasteiger partial charge in [0, 0.05) is 22.8 Å². The van der Waals surface area contributed by atoms with Gasteiger partial charge in [-0.05, 0) is 25.8 Å². The monoisotopic (exact) mass is 320 g/mol. The summed E-state index contributed by atoms with van der Waals surface area (Å²) >= 11 is 0. The zero-order valence-electron chi connectivity index (χ0n) is 14.3. The molecule has 24 heavy (non-hydrogen) atoms. The van der Waals surface area contributed by atoms with Crippen LogP contribution in [0.3, 0.4) is 0 Å². The molecule has 2 heterocycles. The fourth-order valence-corrected chi connectivity index (χ4v) is 2.99. The van der Waals surface area contributed by atoms with E-state index in [4.69, 9.17) is 0 Å². The summed E-state index contributed by atoms with van der Waals surface area (Å²) in [6.07, 6.45) is 2.99. The highest BCUT2D eigenvalue weighted by molar-refractivity contribution is 6.10. The van der Waals surface area contributed by atoms with Crippen LogP contribution in [0.5, 0.6) is 0 Å². The molecule has 0 aliphatic heterocycles. The fraction of sp³-hybridized carbons (Fsp3) is 0.263. The largest absolute Gasteiger partial charge is 0.321 e. The van der Waals surface area contributed by atoms with Gasteiger partial charge in [-0.2, -0.15) is 0 Å². The van der Waals surface area contributed by atoms with Gasteiger partial charge < -0.3 is 5.32 Å². The molecule has 0 saturated heterocycles. The van der Waals surface area contributed by atoms with Crippen molar-refractivity contribution < 1.29 is 4.79 Å². The van der Waals surface area contributed by atoms with Gasteiger partial charge in [0.05, 0.1) is 22.5 Å². The van der Waals surface area contributed by atoms with E-state index in [1.807, 2.05) is 31.2 Å². The van der Waals surface area contributed by atoms with E-state index in [2.05, 4.69) is 34.1 Å². The van der Waals surface area contributed by atoms with Gasteiger partial charge in [-0.1, -0.05) is 32.0 Å². The highest BCUT2D eigenvalue weighted by Crippen LogP contribution is 2.33. The Balaban J connectivity index is 2.16. The van der Waals surface area contributed by atoms with E-state index in [-0.39, 0.29) is 11.8 Å². The predicted molar refractivity (Wildman–Crippen MR) is 95.3 cm³/mol. The van der Waals surface area contributed by atoms with Crippen LogP contribution in [0.25, 0.3) is 10.9 Å². The smallest absolute Gasteiger partial charge is 0.259 e. The second-order valence-corrected chi connectivity index (χ2v) is 6.13. The Morgan fingerprint density at radius 2 is 1.88 bits per heavy atom. The molecular formula is C19H20N4O. The van der Waals surface area contributed by atoms with E-state index in [9.17, 15) is 4.79 Å². The van der Waals surface area contributed by atoms with Gasteiger partial charge in [-0.15, -0.1) is 0 Å². The fourth-order valence-electron chi connectivity index (χ4n) is 2.99. The summed E-state index contributed by atoms with van der Waals surface area (Å²) < 4.78 is 0. The Bertz CT molecular complexity index is 918. The van der Waals surface area contributed by atoms with E-state index < -0.39 is 0 Å². The molecule has 1 N–H and O–H groups in total. The summed E-state index contributed by atoms with van der Waals surface area (Å²) in [4.78, 5) is 25.5. The van der Waals surface area contributed by atoms with Gasteiger partial charge in [0.15, 0.2) is 0 Å². The number of anilines is 1. The SMILES string of the molecule is Cc1ncncc1C(=O)Nc1c(C(C)C)c(C)nc2ccccc12. The maximum atomic E-state index is 12.8. The Morgan fingerprint density at radius 1 is 1.12 bits per heavy atom. The summed E-state index contributed by atoms with van der Waals surface area (Å²) in [6.45, 7) is 7.99. The first kappa shape index (κ1) is 16.1. The lowest BCUT2D eigenvalue weighted by Gasteiger charge is -2.19. The Labute approximate surface area is 141 Å². The number of carbonyl (C=O) groups is 1. The highest BCUT2D eigenvalue weighted by Gasteiger charge is 2.19. The first-order valence-electron chi connectivity index (χ1n) is 7.96. The molecule has 0 spiro atoms. The molecule has 0 bridgehead atoms. The van der Waals surface area contributed by atoms with Crippen molar-refractivity contribution in [2.45, 2.75) is 33.6 Å². The van der Waals surface area contributed by atoms with Gasteiger partial charge in [0.1, 0.15) is 6.33 Å². The van der Waals surface area contributed by atoms with Gasteiger partial charge in [0.2, 0.25) is 0 Å². The van der Waals surface area contributed by atoms with Crippen LogP contribution < -0.4 is 5.32 Å². The molecule has 1 aromatic carbocycles. The van der Waals surface area contributed by atoms with Crippen LogP contribution in [0.2, 0.25) is 0 Å². The molecule has 1 amide bonds. The number of fused-ring (bicyclic) bond motifs is 1. The van der Waals surface area contributed by atoms with Crippen molar-refractivity contribution in [2.75, 3.05) is 5.32 Å². The number of pyridine rings is 1. The number of aryl methyl sites for hydroxylation is 2. The van der Waals surface area contributed by atoms with E-state index in [0.717, 1.165) is 27.8 Å². The number of nitrogens with one attached hydrogen (secondary N) is 1. The summed E-state index contributed by atoms with van der Waals surface area (Å²) in [6, 6.07) is 7.84. The molecule has 0 saturated carbocycles. The molecule has 122 valence electrons. The van der Waals surface area contributed by atoms with E-state index in [0.29, 0.717) is 11.3 Å². The van der Waals surface area contributed by atoms with Crippen LogP contribution in [0, 0.1) is 13.8 Å². The molecule has 5 heteroatoms. The number of amides is 1. The third-order valence-electron chi connectivity index (χ3n) is 4.09. The second-order valence-electron chi connectivity index (χ2n) is 6.13. The summed E-state index contributed by atoms with van der Waals surface area (Å²) in [5, 5.41) is 4.01. The third kappa shape index (κ3) is 2.85. The van der Waals surface area contributed by atoms with Crippen LogP contribution in [0.4, 0.5) is 5.69 Å². The number of carbonyl (C=O) groups excluding carboxylic acids is 1. The topological polar surface area (TPSA) is 67.8 Å². The van der Waals surface area contributed by atoms with Gasteiger partial charge in [-0.3, -0.25) is 9.78 Å². The zero-order valence-corrected chi connectivity index (χ0v) is 14.3. The minimum Gasteiger partial charge on any atom is -0.321 e. The van der Waals surface area contributed by atoms with E-state index >= 15 is 0 Å². The number of aromatic nitrogens is 3. The van der Waals surface area contributed by atoms with Crippen molar-refractivity contribution in [2.24, 2.45) is 0 Å². The van der Waals surface area contributed by atoms with Gasteiger partial charge >= 0.3 is 0 Å². The molecule has 3 aromatic rings. The molecular weight excluding hydrogens is 300 g/mol. The quantitative estimate of drug-likeness (QED) is 0.791. The van der Waals surface area contributed by atoms with Crippen LogP contribution >= 0.6 is 0 Å². The number of hydrogen-bond donors (Lipinski definition) is 1. The Morgan fingerprint density at radius 3 is 2.58 bits per heavy atom. The van der Waals surface area contributed by atoms with Crippen molar-refractivity contribution >= 4 is 22.5 Å². The summed E-state index contributed by atoms with van der Waals surface area (Å²) in [7, 11) is 0. The lowest BCUT2D eigenvalue weighted by atomic mass is 9.96. The zero-order chi connectivity index (χ0) is 17.3. The molecule has 0 radical (unpaired) electrons. The second kappa shape index (κ2) is 6.35. The lowest BCUT2D eigenvalue weighted by molar-refractivity contribution is 0.102. The molecule has 0 aliphatic rings. The first-order chi connectivity index (χ1) is 11.5. The standard InChI is InChI=1S/C19H20N4O/c1-11(2)17-13(4)22-16-8-6-5-7-14(16)18(17)23-19(24)15-9-20-10-21-12(15)3/h5-11H,1-4H3,(H,22,23,24). The van der Waals surface area contributed by atoms with Crippen LogP contribution in [-0.2, 0) is 0 Å².